The number of Topliss-reactive ketones (excluding diaryl/α,β-unsaturated/α-hetero) is 1. The molecule has 0 aliphatic rings. The Balaban J connectivity index is 2.42. The van der Waals surface area contributed by atoms with Crippen LogP contribution in [0.4, 0.5) is 0 Å². The lowest BCUT2D eigenvalue weighted by molar-refractivity contribution is -0.0402. The molecular formula is C18H20O2. The summed E-state index contributed by atoms with van der Waals surface area (Å²) >= 11 is 0. The van der Waals surface area contributed by atoms with Crippen molar-refractivity contribution in [3.63, 3.8) is 0 Å². The maximum atomic E-state index is 12.7. The lowest BCUT2D eigenvalue weighted by Gasteiger charge is -2.39. The quantitative estimate of drug-likeness (QED) is 0.856. The molecule has 20 heavy (non-hydrogen) atoms. The van der Waals surface area contributed by atoms with Crippen LogP contribution < -0.4 is 0 Å². The van der Waals surface area contributed by atoms with Crippen molar-refractivity contribution in [2.45, 2.75) is 26.4 Å². The summed E-state index contributed by atoms with van der Waals surface area (Å²) in [5.74, 6) is -0.0630. The Bertz CT molecular complexity index is 583. The van der Waals surface area contributed by atoms with Gasteiger partial charge < -0.3 is 5.11 Å². The van der Waals surface area contributed by atoms with Crippen LogP contribution >= 0.6 is 0 Å². The smallest absolute Gasteiger partial charge is 0.171 e. The van der Waals surface area contributed by atoms with Crippen molar-refractivity contribution in [1.82, 2.24) is 0 Å². The van der Waals surface area contributed by atoms with Gasteiger partial charge in [0.1, 0.15) is 0 Å². The van der Waals surface area contributed by atoms with Crippen LogP contribution in [0.3, 0.4) is 0 Å². The van der Waals surface area contributed by atoms with E-state index in [0.29, 0.717) is 5.56 Å². The molecule has 2 heteroatoms. The third-order valence-corrected chi connectivity index (χ3v) is 4.16. The van der Waals surface area contributed by atoms with Gasteiger partial charge in [0, 0.05) is 5.56 Å². The van der Waals surface area contributed by atoms with Gasteiger partial charge in [-0.25, -0.2) is 0 Å². The molecular weight excluding hydrogens is 248 g/mol. The van der Waals surface area contributed by atoms with Gasteiger partial charge in [0.2, 0.25) is 0 Å². The molecule has 0 spiro atoms. The number of benzene rings is 2. The molecule has 0 amide bonds. The predicted octanol–water partition coefficient (Wildman–Crippen LogP) is 3.80. The second kappa shape index (κ2) is 5.22. The second-order valence-electron chi connectivity index (χ2n) is 5.76. The first kappa shape index (κ1) is 14.5. The molecule has 2 aromatic rings. The first-order valence-corrected chi connectivity index (χ1v) is 6.75. The van der Waals surface area contributed by atoms with Gasteiger partial charge >= 0.3 is 0 Å². The molecule has 1 unspecified atom stereocenters. The molecule has 0 aliphatic carbocycles. The fourth-order valence-corrected chi connectivity index (χ4v) is 2.29. The molecule has 0 radical (unpaired) electrons. The van der Waals surface area contributed by atoms with E-state index in [1.165, 1.54) is 0 Å². The summed E-state index contributed by atoms with van der Waals surface area (Å²) in [6, 6.07) is 18.4. The summed E-state index contributed by atoms with van der Waals surface area (Å²) in [7, 11) is 0. The highest BCUT2D eigenvalue weighted by molar-refractivity contribution is 6.00. The van der Waals surface area contributed by atoms with Crippen molar-refractivity contribution in [3.8, 4) is 0 Å². The highest BCUT2D eigenvalue weighted by Gasteiger charge is 2.46. The fraction of sp³-hybridized carbons (Fsp3) is 0.278. The van der Waals surface area contributed by atoms with E-state index in [-0.39, 0.29) is 5.78 Å². The minimum Gasteiger partial charge on any atom is -0.384 e. The van der Waals surface area contributed by atoms with Gasteiger partial charge in [0.15, 0.2) is 5.78 Å². The van der Waals surface area contributed by atoms with Crippen LogP contribution in [0.25, 0.3) is 0 Å². The zero-order valence-electron chi connectivity index (χ0n) is 12.1. The van der Waals surface area contributed by atoms with E-state index >= 15 is 0 Å². The third kappa shape index (κ3) is 2.39. The Morgan fingerprint density at radius 1 is 0.850 bits per heavy atom. The molecule has 2 rings (SSSR count). The van der Waals surface area contributed by atoms with Crippen molar-refractivity contribution in [2.24, 2.45) is 5.41 Å². The number of hydrogen-bond acceptors (Lipinski definition) is 2. The summed E-state index contributed by atoms with van der Waals surface area (Å²) in [4.78, 5) is 12.7. The largest absolute Gasteiger partial charge is 0.384 e. The molecule has 104 valence electrons. The number of carbonyl (C=O) groups is 1. The Morgan fingerprint density at radius 3 is 1.80 bits per heavy atom. The standard InChI is InChI=1S/C18H20O2/c1-17(2,16(19)14-10-6-4-7-11-14)18(3,20)15-12-8-5-9-13-15/h4-13,20H,1-3H3. The van der Waals surface area contributed by atoms with Crippen molar-refractivity contribution in [1.29, 1.82) is 0 Å². The molecule has 0 saturated carbocycles. The van der Waals surface area contributed by atoms with E-state index in [0.717, 1.165) is 5.56 Å². The molecule has 2 nitrogen and oxygen atoms in total. The maximum absolute atomic E-state index is 12.7. The zero-order valence-corrected chi connectivity index (χ0v) is 12.1. The van der Waals surface area contributed by atoms with Crippen LogP contribution in [-0.2, 0) is 5.60 Å². The Hall–Kier alpha value is -1.93. The van der Waals surface area contributed by atoms with Crippen LogP contribution in [0.5, 0.6) is 0 Å². The number of carbonyl (C=O) groups excluding carboxylic acids is 1. The molecule has 0 heterocycles. The lowest BCUT2D eigenvalue weighted by atomic mass is 9.68. The normalized spacial score (nSPS) is 14.6. The van der Waals surface area contributed by atoms with Crippen LogP contribution in [0.15, 0.2) is 60.7 Å². The molecule has 2 aromatic carbocycles. The van der Waals surface area contributed by atoms with E-state index in [1.54, 1.807) is 32.9 Å². The Morgan fingerprint density at radius 2 is 1.30 bits per heavy atom. The van der Waals surface area contributed by atoms with E-state index in [2.05, 4.69) is 0 Å². The SMILES string of the molecule is CC(C)(C(=O)c1ccccc1)C(C)(O)c1ccccc1. The zero-order chi connectivity index (χ0) is 14.8. The van der Waals surface area contributed by atoms with Crippen LogP contribution in [0.2, 0.25) is 0 Å². The minimum absolute atomic E-state index is 0.0630. The van der Waals surface area contributed by atoms with Crippen molar-refractivity contribution in [3.05, 3.63) is 71.8 Å². The van der Waals surface area contributed by atoms with Crippen LogP contribution in [0.1, 0.15) is 36.7 Å². The van der Waals surface area contributed by atoms with Crippen molar-refractivity contribution >= 4 is 5.78 Å². The average Bonchev–Trinajstić information content (AvgIpc) is 2.48. The van der Waals surface area contributed by atoms with E-state index < -0.39 is 11.0 Å². The molecule has 0 aromatic heterocycles. The second-order valence-corrected chi connectivity index (χ2v) is 5.76. The van der Waals surface area contributed by atoms with Gasteiger partial charge in [-0.3, -0.25) is 4.79 Å². The fourth-order valence-electron chi connectivity index (χ4n) is 2.29. The van der Waals surface area contributed by atoms with Gasteiger partial charge in [-0.05, 0) is 26.3 Å². The molecule has 1 N–H and O–H groups in total. The molecule has 0 bridgehead atoms. The Labute approximate surface area is 120 Å². The number of ketones is 1. The molecule has 1 atom stereocenters. The predicted molar refractivity (Wildman–Crippen MR) is 80.6 cm³/mol. The maximum Gasteiger partial charge on any atom is 0.171 e. The summed E-state index contributed by atoms with van der Waals surface area (Å²) in [5.41, 5.74) is -0.792. The lowest BCUT2D eigenvalue weighted by Crippen LogP contribution is -2.45. The average molecular weight is 268 g/mol. The topological polar surface area (TPSA) is 37.3 Å². The Kier molecular flexibility index (Phi) is 3.78. The van der Waals surface area contributed by atoms with Crippen molar-refractivity contribution in [2.75, 3.05) is 0 Å². The number of hydrogen-bond donors (Lipinski definition) is 1. The van der Waals surface area contributed by atoms with E-state index in [1.807, 2.05) is 48.5 Å². The molecule has 0 saturated heterocycles. The minimum atomic E-state index is -1.23. The van der Waals surface area contributed by atoms with Crippen LogP contribution in [0, 0.1) is 5.41 Å². The summed E-state index contributed by atoms with van der Waals surface area (Å²) in [6.45, 7) is 5.27. The van der Waals surface area contributed by atoms with Gasteiger partial charge in [-0.2, -0.15) is 0 Å². The van der Waals surface area contributed by atoms with Crippen molar-refractivity contribution < 1.29 is 9.90 Å². The first-order valence-electron chi connectivity index (χ1n) is 6.75. The number of aliphatic hydroxyl groups is 1. The highest BCUT2D eigenvalue weighted by Crippen LogP contribution is 2.41. The summed E-state index contributed by atoms with van der Waals surface area (Å²) in [6.07, 6.45) is 0. The van der Waals surface area contributed by atoms with Gasteiger partial charge in [0.05, 0.1) is 11.0 Å². The third-order valence-electron chi connectivity index (χ3n) is 4.16. The molecule has 0 aliphatic heterocycles. The summed E-state index contributed by atoms with van der Waals surface area (Å²) < 4.78 is 0. The monoisotopic (exact) mass is 268 g/mol. The highest BCUT2D eigenvalue weighted by atomic mass is 16.3. The summed E-state index contributed by atoms with van der Waals surface area (Å²) in [5, 5.41) is 10.9. The molecule has 0 fully saturated rings. The van der Waals surface area contributed by atoms with Gasteiger partial charge in [0.25, 0.3) is 0 Å². The van der Waals surface area contributed by atoms with E-state index in [9.17, 15) is 9.90 Å². The van der Waals surface area contributed by atoms with Gasteiger partial charge in [-0.15, -0.1) is 0 Å². The number of rotatable bonds is 4. The van der Waals surface area contributed by atoms with Gasteiger partial charge in [-0.1, -0.05) is 60.7 Å². The van der Waals surface area contributed by atoms with E-state index in [4.69, 9.17) is 0 Å². The van der Waals surface area contributed by atoms with Crippen LogP contribution in [-0.4, -0.2) is 10.9 Å². The first-order chi connectivity index (χ1) is 9.37.